The molecule has 5 heteroatoms. The average molecular weight is 256 g/mol. The number of rotatable bonds is 2. The number of amides is 2. The van der Waals surface area contributed by atoms with Gasteiger partial charge in [-0.25, -0.2) is 9.59 Å². The molecule has 0 aliphatic carbocycles. The Kier molecular flexibility index (Phi) is 4.24. The van der Waals surface area contributed by atoms with Crippen molar-refractivity contribution in [2.24, 2.45) is 5.41 Å². The summed E-state index contributed by atoms with van der Waals surface area (Å²) in [5.74, 6) is -0.905. The van der Waals surface area contributed by atoms with Crippen LogP contribution in [0.3, 0.4) is 0 Å². The Morgan fingerprint density at radius 1 is 1.39 bits per heavy atom. The Bertz CT molecular complexity index is 336. The monoisotopic (exact) mass is 256 g/mol. The van der Waals surface area contributed by atoms with Gasteiger partial charge in [0.05, 0.1) is 0 Å². The summed E-state index contributed by atoms with van der Waals surface area (Å²) in [6.07, 6.45) is 1.32. The molecule has 2 atom stereocenters. The van der Waals surface area contributed by atoms with Gasteiger partial charge in [0.1, 0.15) is 6.04 Å². The molecule has 1 aliphatic rings. The van der Waals surface area contributed by atoms with Gasteiger partial charge in [-0.3, -0.25) is 0 Å². The van der Waals surface area contributed by atoms with E-state index in [1.807, 2.05) is 6.92 Å². The van der Waals surface area contributed by atoms with Crippen LogP contribution in [0.2, 0.25) is 0 Å². The van der Waals surface area contributed by atoms with E-state index in [1.54, 1.807) is 11.9 Å². The average Bonchev–Trinajstić information content (AvgIpc) is 2.73. The quantitative estimate of drug-likeness (QED) is 0.822. The second kappa shape index (κ2) is 5.16. The molecule has 1 saturated heterocycles. The van der Waals surface area contributed by atoms with Crippen LogP contribution in [0.15, 0.2) is 0 Å². The maximum atomic E-state index is 12.3. The van der Waals surface area contributed by atoms with E-state index in [9.17, 15) is 9.59 Å². The topological polar surface area (TPSA) is 60.9 Å². The van der Waals surface area contributed by atoms with Gasteiger partial charge in [-0.2, -0.15) is 0 Å². The van der Waals surface area contributed by atoms with E-state index in [0.29, 0.717) is 13.0 Å². The van der Waals surface area contributed by atoms with Crippen molar-refractivity contribution in [1.82, 2.24) is 9.80 Å². The highest BCUT2D eigenvalue weighted by Crippen LogP contribution is 2.26. The summed E-state index contributed by atoms with van der Waals surface area (Å²) < 4.78 is 0. The van der Waals surface area contributed by atoms with Crippen LogP contribution in [0.5, 0.6) is 0 Å². The number of urea groups is 1. The minimum atomic E-state index is -0.905. The molecule has 1 rings (SSSR count). The summed E-state index contributed by atoms with van der Waals surface area (Å²) in [5.41, 5.74) is -0.0249. The first-order valence-corrected chi connectivity index (χ1v) is 6.42. The lowest BCUT2D eigenvalue weighted by Crippen LogP contribution is -2.52. The van der Waals surface area contributed by atoms with Crippen LogP contribution in [-0.2, 0) is 4.79 Å². The first kappa shape index (κ1) is 14.8. The minimum Gasteiger partial charge on any atom is -0.480 e. The summed E-state index contributed by atoms with van der Waals surface area (Å²) in [7, 11) is 1.75. The fourth-order valence-electron chi connectivity index (χ4n) is 2.20. The molecule has 0 radical (unpaired) electrons. The third-order valence-electron chi connectivity index (χ3n) is 3.92. The highest BCUT2D eigenvalue weighted by Gasteiger charge is 2.37. The Hall–Kier alpha value is -1.26. The Morgan fingerprint density at radius 3 is 2.39 bits per heavy atom. The third-order valence-corrected chi connectivity index (χ3v) is 3.92. The van der Waals surface area contributed by atoms with Crippen molar-refractivity contribution in [3.8, 4) is 0 Å². The highest BCUT2D eigenvalue weighted by atomic mass is 16.4. The molecule has 0 aromatic rings. The second-order valence-electron chi connectivity index (χ2n) is 6.13. The van der Waals surface area contributed by atoms with Crippen molar-refractivity contribution in [2.75, 3.05) is 13.6 Å². The zero-order chi connectivity index (χ0) is 14.1. The number of likely N-dealkylation sites (tertiary alicyclic amines) is 1. The largest absolute Gasteiger partial charge is 0.480 e. The summed E-state index contributed by atoms with van der Waals surface area (Å²) in [6.45, 7) is 8.74. The van der Waals surface area contributed by atoms with Gasteiger partial charge >= 0.3 is 12.0 Å². The number of hydrogen-bond acceptors (Lipinski definition) is 2. The van der Waals surface area contributed by atoms with Gasteiger partial charge in [-0.1, -0.05) is 20.8 Å². The molecule has 0 aromatic heterocycles. The van der Waals surface area contributed by atoms with Crippen LogP contribution < -0.4 is 0 Å². The van der Waals surface area contributed by atoms with Crippen molar-refractivity contribution < 1.29 is 14.7 Å². The molecule has 0 spiro atoms. The lowest BCUT2D eigenvalue weighted by Gasteiger charge is -2.38. The van der Waals surface area contributed by atoms with Gasteiger partial charge < -0.3 is 14.9 Å². The van der Waals surface area contributed by atoms with Crippen LogP contribution >= 0.6 is 0 Å². The van der Waals surface area contributed by atoms with Crippen LogP contribution in [0.1, 0.15) is 40.5 Å². The first-order valence-electron chi connectivity index (χ1n) is 6.42. The Morgan fingerprint density at radius 2 is 1.94 bits per heavy atom. The number of carboxylic acids is 1. The molecule has 0 saturated carbocycles. The second-order valence-corrected chi connectivity index (χ2v) is 6.13. The van der Waals surface area contributed by atoms with Crippen LogP contribution in [-0.4, -0.2) is 52.6 Å². The van der Waals surface area contributed by atoms with Crippen molar-refractivity contribution in [1.29, 1.82) is 0 Å². The van der Waals surface area contributed by atoms with E-state index in [-0.39, 0.29) is 17.5 Å². The maximum absolute atomic E-state index is 12.3. The maximum Gasteiger partial charge on any atom is 0.326 e. The van der Waals surface area contributed by atoms with Gasteiger partial charge in [-0.15, -0.1) is 0 Å². The van der Waals surface area contributed by atoms with E-state index in [1.165, 1.54) is 4.90 Å². The molecule has 0 bridgehead atoms. The van der Waals surface area contributed by atoms with Crippen LogP contribution in [0, 0.1) is 5.41 Å². The molecule has 1 fully saturated rings. The zero-order valence-corrected chi connectivity index (χ0v) is 11.9. The third kappa shape index (κ3) is 2.94. The molecule has 1 heterocycles. The SMILES string of the molecule is CC(N(C)C(=O)N1CCCC1C(=O)O)C(C)(C)C. The van der Waals surface area contributed by atoms with Crippen LogP contribution in [0.25, 0.3) is 0 Å². The van der Waals surface area contributed by atoms with Gasteiger partial charge in [0.25, 0.3) is 0 Å². The minimum absolute atomic E-state index is 0.0249. The van der Waals surface area contributed by atoms with E-state index in [4.69, 9.17) is 5.11 Å². The Labute approximate surface area is 109 Å². The predicted molar refractivity (Wildman–Crippen MR) is 69.4 cm³/mol. The molecule has 1 aliphatic heterocycles. The molecule has 1 N–H and O–H groups in total. The fraction of sp³-hybridized carbons (Fsp3) is 0.846. The van der Waals surface area contributed by atoms with E-state index < -0.39 is 12.0 Å². The molecular formula is C13H24N2O3. The summed E-state index contributed by atoms with van der Waals surface area (Å²) >= 11 is 0. The zero-order valence-electron chi connectivity index (χ0n) is 11.9. The van der Waals surface area contributed by atoms with Crippen molar-refractivity contribution in [2.45, 2.75) is 52.6 Å². The predicted octanol–water partition coefficient (Wildman–Crippen LogP) is 2.02. The number of carbonyl (C=O) groups is 2. The molecule has 104 valence electrons. The summed E-state index contributed by atoms with van der Waals surface area (Å²) in [6, 6.07) is -0.783. The molecule has 5 nitrogen and oxygen atoms in total. The normalized spacial score (nSPS) is 21.8. The molecular weight excluding hydrogens is 232 g/mol. The summed E-state index contributed by atoms with van der Waals surface area (Å²) in [4.78, 5) is 26.6. The lowest BCUT2D eigenvalue weighted by atomic mass is 9.87. The van der Waals surface area contributed by atoms with E-state index in [0.717, 1.165) is 6.42 Å². The Balaban J connectivity index is 2.78. The smallest absolute Gasteiger partial charge is 0.326 e. The standard InChI is InChI=1S/C13H24N2O3/c1-9(13(2,3)4)14(5)12(18)15-8-6-7-10(15)11(16)17/h9-10H,6-8H2,1-5H3,(H,16,17). The van der Waals surface area contributed by atoms with Crippen molar-refractivity contribution >= 4 is 12.0 Å². The number of carboxylic acid groups (broad SMARTS) is 1. The number of aliphatic carboxylic acids is 1. The number of hydrogen-bond donors (Lipinski definition) is 1. The molecule has 2 amide bonds. The van der Waals surface area contributed by atoms with Crippen LogP contribution in [0.4, 0.5) is 4.79 Å². The lowest BCUT2D eigenvalue weighted by molar-refractivity contribution is -0.141. The first-order chi connectivity index (χ1) is 8.16. The van der Waals surface area contributed by atoms with Gasteiger partial charge in [0, 0.05) is 19.6 Å². The fourth-order valence-corrected chi connectivity index (χ4v) is 2.20. The highest BCUT2D eigenvalue weighted by molar-refractivity contribution is 5.83. The molecule has 0 aromatic carbocycles. The van der Waals surface area contributed by atoms with Crippen molar-refractivity contribution in [3.63, 3.8) is 0 Å². The van der Waals surface area contributed by atoms with Gasteiger partial charge in [0.2, 0.25) is 0 Å². The molecule has 18 heavy (non-hydrogen) atoms. The van der Waals surface area contributed by atoms with Crippen molar-refractivity contribution in [3.05, 3.63) is 0 Å². The molecule has 2 unspecified atom stereocenters. The summed E-state index contributed by atoms with van der Waals surface area (Å²) in [5, 5.41) is 9.10. The number of carbonyl (C=O) groups excluding carboxylic acids is 1. The van der Waals surface area contributed by atoms with E-state index in [2.05, 4.69) is 20.8 Å². The van der Waals surface area contributed by atoms with Gasteiger partial charge in [-0.05, 0) is 25.2 Å². The van der Waals surface area contributed by atoms with E-state index >= 15 is 0 Å². The van der Waals surface area contributed by atoms with Gasteiger partial charge in [0.15, 0.2) is 0 Å². The number of nitrogens with zero attached hydrogens (tertiary/aromatic N) is 2.